The lowest BCUT2D eigenvalue weighted by Gasteiger charge is -1.98. The molecule has 22 heavy (non-hydrogen) atoms. The molecule has 0 amide bonds. The van der Waals surface area contributed by atoms with E-state index >= 15 is 0 Å². The van der Waals surface area contributed by atoms with Crippen molar-refractivity contribution in [1.82, 2.24) is 19.8 Å². The smallest absolute Gasteiger partial charge is 0.207 e. The molecule has 0 aliphatic heterocycles. The number of nitrogens with zero attached hydrogens (tertiary/aromatic N) is 4. The highest BCUT2D eigenvalue weighted by Gasteiger charge is 2.14. The van der Waals surface area contributed by atoms with E-state index in [0.717, 1.165) is 10.6 Å². The number of benzene rings is 2. The summed E-state index contributed by atoms with van der Waals surface area (Å²) in [5.74, 6) is 0.244. The van der Waals surface area contributed by atoms with Crippen molar-refractivity contribution in [1.29, 1.82) is 0 Å². The third kappa shape index (κ3) is 2.17. The number of aryl methyl sites for hydroxylation is 1. The highest BCUT2D eigenvalue weighted by molar-refractivity contribution is 7.19. The zero-order valence-corrected chi connectivity index (χ0v) is 12.5. The van der Waals surface area contributed by atoms with Gasteiger partial charge in [0, 0.05) is 11.1 Å². The van der Waals surface area contributed by atoms with Gasteiger partial charge in [0.05, 0.1) is 0 Å². The minimum Gasteiger partial charge on any atom is -0.207 e. The van der Waals surface area contributed by atoms with Gasteiger partial charge in [-0.05, 0) is 25.1 Å². The van der Waals surface area contributed by atoms with Gasteiger partial charge in [-0.3, -0.25) is 0 Å². The topological polar surface area (TPSA) is 43.1 Å². The van der Waals surface area contributed by atoms with Gasteiger partial charge in [0.1, 0.15) is 10.8 Å². The highest BCUT2D eigenvalue weighted by Crippen LogP contribution is 2.28. The Hall–Kier alpha value is -2.60. The first-order chi connectivity index (χ1) is 10.7. The molecule has 0 aliphatic carbocycles. The molecule has 2 aromatic carbocycles. The molecular formula is C16H11FN4S. The van der Waals surface area contributed by atoms with Crippen LogP contribution in [0.25, 0.3) is 26.9 Å². The Morgan fingerprint density at radius 1 is 1.00 bits per heavy atom. The zero-order chi connectivity index (χ0) is 15.1. The van der Waals surface area contributed by atoms with Crippen LogP contribution in [0.1, 0.15) is 5.56 Å². The zero-order valence-electron chi connectivity index (χ0n) is 11.7. The lowest BCUT2D eigenvalue weighted by Crippen LogP contribution is -1.91. The van der Waals surface area contributed by atoms with Crippen LogP contribution in [0.2, 0.25) is 0 Å². The summed E-state index contributed by atoms with van der Waals surface area (Å²) in [6.45, 7) is 2.04. The van der Waals surface area contributed by atoms with Crippen molar-refractivity contribution in [2.45, 2.75) is 6.92 Å². The average molecular weight is 310 g/mol. The van der Waals surface area contributed by atoms with Crippen LogP contribution in [0.15, 0.2) is 48.5 Å². The SMILES string of the molecule is Cc1cccc(-c2nn3c(-c4cccc(F)c4)nnc3s2)c1. The van der Waals surface area contributed by atoms with Crippen molar-refractivity contribution < 1.29 is 4.39 Å². The Labute approximate surface area is 129 Å². The number of aromatic nitrogens is 4. The van der Waals surface area contributed by atoms with Crippen LogP contribution in [0.5, 0.6) is 0 Å². The molecule has 0 bridgehead atoms. The fraction of sp³-hybridized carbons (Fsp3) is 0.0625. The van der Waals surface area contributed by atoms with Gasteiger partial charge in [0.25, 0.3) is 0 Å². The Bertz CT molecular complexity index is 973. The maximum absolute atomic E-state index is 13.4. The highest BCUT2D eigenvalue weighted by atomic mass is 32.1. The second-order valence-corrected chi connectivity index (χ2v) is 5.96. The molecule has 6 heteroatoms. The van der Waals surface area contributed by atoms with Crippen LogP contribution in [0.3, 0.4) is 0 Å². The molecule has 0 atom stereocenters. The molecule has 0 fully saturated rings. The van der Waals surface area contributed by atoms with Gasteiger partial charge in [-0.2, -0.15) is 9.61 Å². The standard InChI is InChI=1S/C16H11FN4S/c1-10-4-2-6-12(8-10)15-20-21-14(18-19-16(21)22-15)11-5-3-7-13(17)9-11/h2-9H,1H3. The lowest BCUT2D eigenvalue weighted by atomic mass is 10.1. The predicted molar refractivity (Wildman–Crippen MR) is 84.2 cm³/mol. The maximum Gasteiger partial charge on any atom is 0.235 e. The Morgan fingerprint density at radius 2 is 1.82 bits per heavy atom. The number of hydrogen-bond acceptors (Lipinski definition) is 4. The normalized spacial score (nSPS) is 11.2. The molecule has 0 unspecified atom stereocenters. The molecule has 0 aliphatic rings. The number of fused-ring (bicyclic) bond motifs is 1. The molecule has 4 aromatic rings. The summed E-state index contributed by atoms with van der Waals surface area (Å²) in [6, 6.07) is 14.4. The molecule has 0 saturated heterocycles. The largest absolute Gasteiger partial charge is 0.235 e. The van der Waals surface area contributed by atoms with Gasteiger partial charge in [-0.1, -0.05) is 47.2 Å². The molecule has 0 saturated carbocycles. The van der Waals surface area contributed by atoms with E-state index in [1.54, 1.807) is 16.6 Å². The maximum atomic E-state index is 13.4. The Kier molecular flexibility index (Phi) is 2.97. The van der Waals surface area contributed by atoms with Crippen LogP contribution >= 0.6 is 11.3 Å². The summed E-state index contributed by atoms with van der Waals surface area (Å²) >= 11 is 1.46. The van der Waals surface area contributed by atoms with Crippen LogP contribution in [-0.2, 0) is 0 Å². The van der Waals surface area contributed by atoms with Crippen molar-refractivity contribution >= 4 is 16.3 Å². The average Bonchev–Trinajstić information content (AvgIpc) is 3.07. The second-order valence-electron chi connectivity index (χ2n) is 5.01. The van der Waals surface area contributed by atoms with Gasteiger partial charge in [0.15, 0.2) is 5.82 Å². The summed E-state index contributed by atoms with van der Waals surface area (Å²) in [7, 11) is 0. The number of halogens is 1. The van der Waals surface area contributed by atoms with Crippen molar-refractivity contribution in [3.05, 3.63) is 59.9 Å². The molecule has 4 rings (SSSR count). The van der Waals surface area contributed by atoms with E-state index in [0.29, 0.717) is 16.3 Å². The van der Waals surface area contributed by atoms with Gasteiger partial charge in [-0.25, -0.2) is 4.39 Å². The number of hydrogen-bond donors (Lipinski definition) is 0. The van der Waals surface area contributed by atoms with Gasteiger partial charge < -0.3 is 0 Å². The quantitative estimate of drug-likeness (QED) is 0.563. The minimum atomic E-state index is -0.302. The van der Waals surface area contributed by atoms with E-state index < -0.39 is 0 Å². The molecule has 4 nitrogen and oxygen atoms in total. The second kappa shape index (κ2) is 4.99. The van der Waals surface area contributed by atoms with Crippen LogP contribution in [0, 0.1) is 12.7 Å². The minimum absolute atomic E-state index is 0.302. The van der Waals surface area contributed by atoms with Crippen molar-refractivity contribution in [2.75, 3.05) is 0 Å². The summed E-state index contributed by atoms with van der Waals surface area (Å²) < 4.78 is 15.1. The van der Waals surface area contributed by atoms with E-state index in [1.807, 2.05) is 25.1 Å². The van der Waals surface area contributed by atoms with Crippen LogP contribution < -0.4 is 0 Å². The van der Waals surface area contributed by atoms with E-state index in [2.05, 4.69) is 21.4 Å². The Morgan fingerprint density at radius 3 is 2.64 bits per heavy atom. The van der Waals surface area contributed by atoms with E-state index in [-0.39, 0.29) is 5.82 Å². The molecule has 108 valence electrons. The molecule has 2 aromatic heterocycles. The first-order valence-electron chi connectivity index (χ1n) is 6.76. The summed E-state index contributed by atoms with van der Waals surface area (Å²) in [6.07, 6.45) is 0. The van der Waals surface area contributed by atoms with Crippen molar-refractivity contribution in [2.24, 2.45) is 0 Å². The molecule has 0 radical (unpaired) electrons. The lowest BCUT2D eigenvalue weighted by molar-refractivity contribution is 0.628. The summed E-state index contributed by atoms with van der Waals surface area (Å²) in [4.78, 5) is 0.691. The number of rotatable bonds is 2. The Balaban J connectivity index is 1.86. The van der Waals surface area contributed by atoms with E-state index in [4.69, 9.17) is 0 Å². The van der Waals surface area contributed by atoms with Gasteiger partial charge >= 0.3 is 0 Å². The third-order valence-electron chi connectivity index (χ3n) is 3.34. The molecule has 0 spiro atoms. The first-order valence-corrected chi connectivity index (χ1v) is 7.57. The van der Waals surface area contributed by atoms with E-state index in [9.17, 15) is 4.39 Å². The van der Waals surface area contributed by atoms with Gasteiger partial charge in [-0.15, -0.1) is 10.2 Å². The van der Waals surface area contributed by atoms with E-state index in [1.165, 1.54) is 29.0 Å². The third-order valence-corrected chi connectivity index (χ3v) is 4.29. The molecule has 0 N–H and O–H groups in total. The van der Waals surface area contributed by atoms with Crippen LogP contribution in [-0.4, -0.2) is 19.8 Å². The van der Waals surface area contributed by atoms with Crippen molar-refractivity contribution in [3.8, 4) is 22.0 Å². The fourth-order valence-electron chi connectivity index (χ4n) is 2.32. The first kappa shape index (κ1) is 13.1. The predicted octanol–water partition coefficient (Wildman–Crippen LogP) is 3.97. The van der Waals surface area contributed by atoms with Crippen molar-refractivity contribution in [3.63, 3.8) is 0 Å². The molecule has 2 heterocycles. The molecular weight excluding hydrogens is 299 g/mol. The summed E-state index contributed by atoms with van der Waals surface area (Å²) in [5.41, 5.74) is 2.88. The fourth-order valence-corrected chi connectivity index (χ4v) is 3.15. The summed E-state index contributed by atoms with van der Waals surface area (Å²) in [5, 5.41) is 13.7. The van der Waals surface area contributed by atoms with Crippen LogP contribution in [0.4, 0.5) is 4.39 Å². The van der Waals surface area contributed by atoms with Gasteiger partial charge in [0.2, 0.25) is 4.96 Å². The monoisotopic (exact) mass is 310 g/mol.